The maximum atomic E-state index is 12.2. The van der Waals surface area contributed by atoms with Crippen molar-refractivity contribution in [1.82, 2.24) is 9.55 Å². The summed E-state index contributed by atoms with van der Waals surface area (Å²) < 4.78 is 1.91. The lowest BCUT2D eigenvalue weighted by Gasteiger charge is -2.12. The van der Waals surface area contributed by atoms with E-state index >= 15 is 0 Å². The Morgan fingerprint density at radius 1 is 1.24 bits per heavy atom. The minimum atomic E-state index is -0.198. The normalized spacial score (nSPS) is 12.4. The smallest absolute Gasteiger partial charge is 0.237 e. The highest BCUT2D eigenvalue weighted by Gasteiger charge is 2.16. The lowest BCUT2D eigenvalue weighted by Crippen LogP contribution is -2.22. The first kappa shape index (κ1) is 15.6. The van der Waals surface area contributed by atoms with Crippen LogP contribution in [-0.2, 0) is 11.8 Å². The molecule has 1 atom stereocenters. The van der Waals surface area contributed by atoms with Gasteiger partial charge in [0.25, 0.3) is 0 Å². The number of benzene rings is 1. The zero-order valence-corrected chi connectivity index (χ0v) is 13.6. The average molecular weight is 303 g/mol. The van der Waals surface area contributed by atoms with Crippen LogP contribution in [0.25, 0.3) is 0 Å². The molecular formula is C16H21N3OS. The Balaban J connectivity index is 1.95. The Morgan fingerprint density at radius 3 is 2.43 bits per heavy atom. The summed E-state index contributed by atoms with van der Waals surface area (Å²) in [7, 11) is 1.92. The third-order valence-corrected chi connectivity index (χ3v) is 4.45. The van der Waals surface area contributed by atoms with E-state index in [9.17, 15) is 4.79 Å². The van der Waals surface area contributed by atoms with Gasteiger partial charge in [0.15, 0.2) is 5.16 Å². The van der Waals surface area contributed by atoms with Crippen LogP contribution in [0.5, 0.6) is 0 Å². The lowest BCUT2D eigenvalue weighted by atomic mass is 10.0. The van der Waals surface area contributed by atoms with Gasteiger partial charge in [-0.1, -0.05) is 37.7 Å². The molecule has 0 aliphatic heterocycles. The number of aryl methyl sites for hydroxylation is 1. The second-order valence-corrected chi connectivity index (χ2v) is 6.65. The van der Waals surface area contributed by atoms with E-state index in [2.05, 4.69) is 36.3 Å². The molecule has 0 saturated carbocycles. The fourth-order valence-electron chi connectivity index (χ4n) is 1.87. The first-order valence-electron chi connectivity index (χ1n) is 7.02. The van der Waals surface area contributed by atoms with E-state index in [1.54, 1.807) is 6.20 Å². The number of carbonyl (C=O) groups excluding carboxylic acids is 1. The van der Waals surface area contributed by atoms with Crippen molar-refractivity contribution in [3.63, 3.8) is 0 Å². The molecule has 112 valence electrons. The number of carbonyl (C=O) groups is 1. The van der Waals surface area contributed by atoms with Crippen LogP contribution in [-0.4, -0.2) is 20.7 Å². The van der Waals surface area contributed by atoms with E-state index in [4.69, 9.17) is 0 Å². The highest BCUT2D eigenvalue weighted by molar-refractivity contribution is 8.00. The second-order valence-electron chi connectivity index (χ2n) is 5.35. The van der Waals surface area contributed by atoms with E-state index in [0.717, 1.165) is 10.8 Å². The van der Waals surface area contributed by atoms with Crippen molar-refractivity contribution in [2.45, 2.75) is 37.1 Å². The second kappa shape index (κ2) is 6.80. The first-order valence-corrected chi connectivity index (χ1v) is 7.90. The van der Waals surface area contributed by atoms with E-state index in [1.807, 2.05) is 36.9 Å². The van der Waals surface area contributed by atoms with Crippen molar-refractivity contribution >= 4 is 23.4 Å². The number of aromatic nitrogens is 2. The molecule has 2 rings (SSSR count). The largest absolute Gasteiger partial charge is 0.329 e. The zero-order valence-electron chi connectivity index (χ0n) is 12.8. The van der Waals surface area contributed by atoms with E-state index < -0.39 is 0 Å². The third-order valence-electron chi connectivity index (χ3n) is 3.27. The third kappa shape index (κ3) is 4.11. The molecule has 1 aromatic carbocycles. The minimum Gasteiger partial charge on any atom is -0.329 e. The zero-order chi connectivity index (χ0) is 15.4. The number of amides is 1. The molecule has 0 radical (unpaired) electrons. The number of nitrogens with zero attached hydrogens (tertiary/aromatic N) is 2. The predicted octanol–water partition coefficient (Wildman–Crippen LogP) is 3.66. The predicted molar refractivity (Wildman–Crippen MR) is 87.7 cm³/mol. The minimum absolute atomic E-state index is 0.0136. The summed E-state index contributed by atoms with van der Waals surface area (Å²) >= 11 is 1.45. The molecule has 4 nitrogen and oxygen atoms in total. The number of hydrogen-bond donors (Lipinski definition) is 1. The van der Waals surface area contributed by atoms with Gasteiger partial charge in [0.05, 0.1) is 5.25 Å². The Morgan fingerprint density at radius 2 is 1.90 bits per heavy atom. The monoisotopic (exact) mass is 303 g/mol. The molecule has 1 N–H and O–H groups in total. The van der Waals surface area contributed by atoms with Crippen LogP contribution in [0.15, 0.2) is 41.8 Å². The van der Waals surface area contributed by atoms with Gasteiger partial charge in [0.2, 0.25) is 5.91 Å². The van der Waals surface area contributed by atoms with Crippen molar-refractivity contribution in [3.05, 3.63) is 42.2 Å². The number of thioether (sulfide) groups is 1. The highest BCUT2D eigenvalue weighted by atomic mass is 32.2. The molecule has 0 bridgehead atoms. The van der Waals surface area contributed by atoms with Gasteiger partial charge in [-0.15, -0.1) is 0 Å². The highest BCUT2D eigenvalue weighted by Crippen LogP contribution is 2.22. The number of hydrogen-bond acceptors (Lipinski definition) is 3. The van der Waals surface area contributed by atoms with Gasteiger partial charge in [0.1, 0.15) is 0 Å². The van der Waals surface area contributed by atoms with Gasteiger partial charge in [-0.05, 0) is 30.5 Å². The summed E-state index contributed by atoms with van der Waals surface area (Å²) in [5, 5.41) is 3.59. The summed E-state index contributed by atoms with van der Waals surface area (Å²) in [4.78, 5) is 16.4. The molecule has 2 aromatic rings. The van der Waals surface area contributed by atoms with Crippen molar-refractivity contribution in [1.29, 1.82) is 0 Å². The van der Waals surface area contributed by atoms with Crippen molar-refractivity contribution in [3.8, 4) is 0 Å². The average Bonchev–Trinajstić information content (AvgIpc) is 2.84. The molecule has 0 aliphatic rings. The molecule has 0 spiro atoms. The molecule has 1 aromatic heterocycles. The van der Waals surface area contributed by atoms with Gasteiger partial charge in [-0.3, -0.25) is 4.79 Å². The van der Waals surface area contributed by atoms with Crippen LogP contribution < -0.4 is 5.32 Å². The number of rotatable bonds is 5. The lowest BCUT2D eigenvalue weighted by molar-refractivity contribution is -0.115. The number of anilines is 1. The maximum absolute atomic E-state index is 12.2. The van der Waals surface area contributed by atoms with Crippen molar-refractivity contribution in [2.75, 3.05) is 5.32 Å². The van der Waals surface area contributed by atoms with Gasteiger partial charge >= 0.3 is 0 Å². The SMILES string of the molecule is CC(Sc1nccn1C)C(=O)Nc1ccc(C(C)C)cc1. The Bertz CT molecular complexity index is 604. The van der Waals surface area contributed by atoms with E-state index in [-0.39, 0.29) is 11.2 Å². The Labute approximate surface area is 130 Å². The molecule has 21 heavy (non-hydrogen) atoms. The molecule has 5 heteroatoms. The van der Waals surface area contributed by atoms with Crippen molar-refractivity contribution in [2.24, 2.45) is 7.05 Å². The van der Waals surface area contributed by atoms with Crippen molar-refractivity contribution < 1.29 is 4.79 Å². The van der Waals surface area contributed by atoms with E-state index in [0.29, 0.717) is 5.92 Å². The standard InChI is InChI=1S/C16H21N3OS/c1-11(2)13-5-7-14(8-6-13)18-15(20)12(3)21-16-17-9-10-19(16)4/h5-12H,1-4H3,(H,18,20). The quantitative estimate of drug-likeness (QED) is 0.857. The Kier molecular flexibility index (Phi) is 5.07. The summed E-state index contributed by atoms with van der Waals surface area (Å²) in [5.74, 6) is 0.480. The van der Waals surface area contributed by atoms with Crippen LogP contribution in [0.2, 0.25) is 0 Å². The summed E-state index contributed by atoms with van der Waals surface area (Å²) in [6, 6.07) is 8.00. The molecule has 0 fully saturated rings. The van der Waals surface area contributed by atoms with Gasteiger partial charge in [0, 0.05) is 25.1 Å². The molecule has 1 heterocycles. The fourth-order valence-corrected chi connectivity index (χ4v) is 2.70. The van der Waals surface area contributed by atoms with Crippen LogP contribution in [0, 0.1) is 0 Å². The van der Waals surface area contributed by atoms with Crippen LogP contribution >= 0.6 is 11.8 Å². The van der Waals surface area contributed by atoms with Gasteiger partial charge in [-0.25, -0.2) is 4.98 Å². The van der Waals surface area contributed by atoms with E-state index in [1.165, 1.54) is 17.3 Å². The summed E-state index contributed by atoms with van der Waals surface area (Å²) in [6.07, 6.45) is 3.61. The molecule has 0 aliphatic carbocycles. The van der Waals surface area contributed by atoms with Gasteiger partial charge in [-0.2, -0.15) is 0 Å². The maximum Gasteiger partial charge on any atom is 0.237 e. The first-order chi connectivity index (χ1) is 9.97. The number of imidazole rings is 1. The van der Waals surface area contributed by atoms with Crippen LogP contribution in [0.4, 0.5) is 5.69 Å². The molecule has 1 amide bonds. The number of nitrogens with one attached hydrogen (secondary N) is 1. The molecular weight excluding hydrogens is 282 g/mol. The van der Waals surface area contributed by atoms with Crippen LogP contribution in [0.3, 0.4) is 0 Å². The fraction of sp³-hybridized carbons (Fsp3) is 0.375. The summed E-state index contributed by atoms with van der Waals surface area (Å²) in [5.41, 5.74) is 2.10. The molecule has 0 saturated heterocycles. The van der Waals surface area contributed by atoms with Crippen LogP contribution in [0.1, 0.15) is 32.3 Å². The molecule has 1 unspecified atom stereocenters. The Hall–Kier alpha value is -1.75. The summed E-state index contributed by atoms with van der Waals surface area (Å²) in [6.45, 7) is 6.19. The topological polar surface area (TPSA) is 46.9 Å². The van der Waals surface area contributed by atoms with Gasteiger partial charge < -0.3 is 9.88 Å².